The number of hydrogen-bond acceptors (Lipinski definition) is 4. The van der Waals surface area contributed by atoms with Crippen LogP contribution in [0.15, 0.2) is 30.5 Å². The summed E-state index contributed by atoms with van der Waals surface area (Å²) < 4.78 is 0. The number of aromatic nitrogens is 1. The SMILES string of the molecule is C[C@@H]1C[C@H](c2ccc(C#N)c3ncccc23)CN(C(=O)C2CN(C)C2)C1. The molecule has 134 valence electrons. The number of benzene rings is 1. The van der Waals surface area contributed by atoms with Crippen LogP contribution in [-0.2, 0) is 4.79 Å². The highest BCUT2D eigenvalue weighted by Gasteiger charge is 2.37. The summed E-state index contributed by atoms with van der Waals surface area (Å²) in [5, 5.41) is 10.4. The first-order valence-electron chi connectivity index (χ1n) is 9.32. The van der Waals surface area contributed by atoms with E-state index in [-0.39, 0.29) is 5.92 Å². The summed E-state index contributed by atoms with van der Waals surface area (Å²) in [6, 6.07) is 10.1. The van der Waals surface area contributed by atoms with Gasteiger partial charge in [-0.3, -0.25) is 9.78 Å². The fourth-order valence-electron chi connectivity index (χ4n) is 4.51. The Labute approximate surface area is 154 Å². The number of fused-ring (bicyclic) bond motifs is 1. The molecule has 0 aliphatic carbocycles. The molecule has 2 aromatic rings. The first-order valence-corrected chi connectivity index (χ1v) is 9.32. The van der Waals surface area contributed by atoms with Crippen LogP contribution in [0.4, 0.5) is 0 Å². The van der Waals surface area contributed by atoms with Gasteiger partial charge in [-0.05, 0) is 37.1 Å². The molecule has 0 spiro atoms. The van der Waals surface area contributed by atoms with Gasteiger partial charge in [0.25, 0.3) is 0 Å². The van der Waals surface area contributed by atoms with Gasteiger partial charge < -0.3 is 9.80 Å². The van der Waals surface area contributed by atoms with Crippen molar-refractivity contribution in [3.05, 3.63) is 41.6 Å². The molecule has 1 amide bonds. The van der Waals surface area contributed by atoms with Gasteiger partial charge in [-0.15, -0.1) is 0 Å². The van der Waals surface area contributed by atoms with Crippen LogP contribution in [0.3, 0.4) is 0 Å². The molecule has 0 unspecified atom stereocenters. The van der Waals surface area contributed by atoms with E-state index in [1.807, 2.05) is 18.2 Å². The fraction of sp³-hybridized carbons (Fsp3) is 0.476. The highest BCUT2D eigenvalue weighted by atomic mass is 16.2. The van der Waals surface area contributed by atoms with Gasteiger partial charge >= 0.3 is 0 Å². The lowest BCUT2D eigenvalue weighted by Gasteiger charge is -2.42. The third kappa shape index (κ3) is 2.95. The lowest BCUT2D eigenvalue weighted by Crippen LogP contribution is -2.55. The predicted octanol–water partition coefficient (Wildman–Crippen LogP) is 2.62. The second kappa shape index (κ2) is 6.69. The van der Waals surface area contributed by atoms with Gasteiger partial charge in [0.1, 0.15) is 6.07 Å². The first kappa shape index (κ1) is 17.0. The molecule has 1 aromatic heterocycles. The Bertz CT molecular complexity index is 881. The number of pyridine rings is 1. The molecule has 1 aromatic carbocycles. The molecule has 4 rings (SSSR count). The molecule has 2 atom stereocenters. The van der Waals surface area contributed by atoms with E-state index < -0.39 is 0 Å². The van der Waals surface area contributed by atoms with Crippen molar-refractivity contribution >= 4 is 16.8 Å². The van der Waals surface area contributed by atoms with Crippen LogP contribution < -0.4 is 0 Å². The Morgan fingerprint density at radius 1 is 1.23 bits per heavy atom. The number of carbonyl (C=O) groups excluding carboxylic acids is 1. The minimum absolute atomic E-state index is 0.158. The van der Waals surface area contributed by atoms with Crippen molar-refractivity contribution in [3.63, 3.8) is 0 Å². The smallest absolute Gasteiger partial charge is 0.228 e. The van der Waals surface area contributed by atoms with Gasteiger partial charge in [0.15, 0.2) is 0 Å². The van der Waals surface area contributed by atoms with Crippen LogP contribution in [-0.4, -0.2) is 53.9 Å². The topological polar surface area (TPSA) is 60.2 Å². The second-order valence-corrected chi connectivity index (χ2v) is 7.91. The zero-order valence-corrected chi connectivity index (χ0v) is 15.4. The van der Waals surface area contributed by atoms with Crippen LogP contribution >= 0.6 is 0 Å². The maximum atomic E-state index is 12.9. The number of nitrogens with zero attached hydrogens (tertiary/aromatic N) is 4. The van der Waals surface area contributed by atoms with Gasteiger partial charge in [-0.1, -0.05) is 19.1 Å². The van der Waals surface area contributed by atoms with E-state index in [1.165, 1.54) is 5.56 Å². The number of nitriles is 1. The molecule has 0 radical (unpaired) electrons. The highest BCUT2D eigenvalue weighted by Crippen LogP contribution is 2.35. The van der Waals surface area contributed by atoms with E-state index in [0.717, 1.165) is 43.5 Å². The molecule has 0 bridgehead atoms. The normalized spacial score (nSPS) is 24.3. The van der Waals surface area contributed by atoms with Crippen LogP contribution in [0.25, 0.3) is 10.9 Å². The summed E-state index contributed by atoms with van der Waals surface area (Å²) >= 11 is 0. The van der Waals surface area contributed by atoms with Crippen LogP contribution in [0.5, 0.6) is 0 Å². The second-order valence-electron chi connectivity index (χ2n) is 7.91. The molecule has 3 heterocycles. The van der Waals surface area contributed by atoms with Crippen LogP contribution in [0.2, 0.25) is 0 Å². The van der Waals surface area contributed by atoms with Crippen molar-refractivity contribution in [1.29, 1.82) is 5.26 Å². The molecule has 0 N–H and O–H groups in total. The number of rotatable bonds is 2. The molecule has 0 saturated carbocycles. The zero-order chi connectivity index (χ0) is 18.3. The summed E-state index contributed by atoms with van der Waals surface area (Å²) in [5.74, 6) is 1.22. The monoisotopic (exact) mass is 348 g/mol. The third-order valence-electron chi connectivity index (χ3n) is 5.75. The largest absolute Gasteiger partial charge is 0.341 e. The molecule has 2 aliphatic rings. The van der Waals surface area contributed by atoms with E-state index in [2.05, 4.69) is 40.9 Å². The predicted molar refractivity (Wildman–Crippen MR) is 101 cm³/mol. The standard InChI is InChI=1S/C21H24N4O/c1-14-8-16(13-25(10-14)21(26)17-11-24(2)12-17)18-6-5-15(9-22)20-19(18)4-3-7-23-20/h3-7,14,16-17H,8,10-13H2,1-2H3/t14-,16+/m1/s1. The summed E-state index contributed by atoms with van der Waals surface area (Å²) in [5.41, 5.74) is 2.59. The van der Waals surface area contributed by atoms with Gasteiger partial charge in [0.2, 0.25) is 5.91 Å². The van der Waals surface area contributed by atoms with Crippen molar-refractivity contribution in [2.75, 3.05) is 33.2 Å². The van der Waals surface area contributed by atoms with Crippen molar-refractivity contribution < 1.29 is 4.79 Å². The van der Waals surface area contributed by atoms with E-state index in [4.69, 9.17) is 0 Å². The number of piperidine rings is 1. The molecular formula is C21H24N4O. The van der Waals surface area contributed by atoms with Crippen LogP contribution in [0, 0.1) is 23.2 Å². The lowest BCUT2D eigenvalue weighted by atomic mass is 9.82. The first-order chi connectivity index (χ1) is 12.6. The lowest BCUT2D eigenvalue weighted by molar-refractivity contribution is -0.142. The number of hydrogen-bond donors (Lipinski definition) is 0. The minimum Gasteiger partial charge on any atom is -0.341 e. The van der Waals surface area contributed by atoms with Crippen molar-refractivity contribution in [1.82, 2.24) is 14.8 Å². The number of likely N-dealkylation sites (tertiary alicyclic amines) is 2. The van der Waals surface area contributed by atoms with Crippen molar-refractivity contribution in [2.45, 2.75) is 19.3 Å². The summed E-state index contributed by atoms with van der Waals surface area (Å²) in [7, 11) is 2.06. The van der Waals surface area contributed by atoms with Crippen molar-refractivity contribution in [2.24, 2.45) is 11.8 Å². The molecule has 5 heteroatoms. The Hall–Kier alpha value is -2.45. The quantitative estimate of drug-likeness (QED) is 0.837. The molecule has 5 nitrogen and oxygen atoms in total. The number of carbonyl (C=O) groups is 1. The van der Waals surface area contributed by atoms with E-state index in [1.54, 1.807) is 6.20 Å². The average Bonchev–Trinajstić information content (AvgIpc) is 2.63. The Balaban J connectivity index is 1.64. The van der Waals surface area contributed by atoms with Gasteiger partial charge in [-0.2, -0.15) is 5.26 Å². The fourth-order valence-corrected chi connectivity index (χ4v) is 4.51. The van der Waals surface area contributed by atoms with Gasteiger partial charge in [-0.25, -0.2) is 0 Å². The van der Waals surface area contributed by atoms with Gasteiger partial charge in [0, 0.05) is 43.7 Å². The number of amides is 1. The zero-order valence-electron chi connectivity index (χ0n) is 15.4. The maximum absolute atomic E-state index is 12.9. The third-order valence-corrected chi connectivity index (χ3v) is 5.75. The summed E-state index contributed by atoms with van der Waals surface area (Å²) in [6.45, 7) is 5.58. The van der Waals surface area contributed by atoms with E-state index >= 15 is 0 Å². The molecule has 2 aliphatic heterocycles. The maximum Gasteiger partial charge on any atom is 0.228 e. The highest BCUT2D eigenvalue weighted by molar-refractivity contribution is 5.87. The van der Waals surface area contributed by atoms with Crippen LogP contribution in [0.1, 0.15) is 30.4 Å². The summed E-state index contributed by atoms with van der Waals surface area (Å²) in [4.78, 5) is 21.5. The Kier molecular flexibility index (Phi) is 4.37. The molecular weight excluding hydrogens is 324 g/mol. The molecule has 2 saturated heterocycles. The minimum atomic E-state index is 0.158. The summed E-state index contributed by atoms with van der Waals surface area (Å²) in [6.07, 6.45) is 2.80. The van der Waals surface area contributed by atoms with Crippen molar-refractivity contribution in [3.8, 4) is 6.07 Å². The van der Waals surface area contributed by atoms with E-state index in [9.17, 15) is 10.1 Å². The van der Waals surface area contributed by atoms with Gasteiger partial charge in [0.05, 0.1) is 17.0 Å². The Morgan fingerprint density at radius 2 is 2.04 bits per heavy atom. The Morgan fingerprint density at radius 3 is 2.77 bits per heavy atom. The molecule has 26 heavy (non-hydrogen) atoms. The molecule has 2 fully saturated rings. The van der Waals surface area contributed by atoms with E-state index in [0.29, 0.717) is 23.3 Å². The average molecular weight is 348 g/mol.